The Kier molecular flexibility index (Phi) is 6.00. The van der Waals surface area contributed by atoms with E-state index in [1.165, 1.54) is 0 Å². The molecule has 2 saturated carbocycles. The van der Waals surface area contributed by atoms with Crippen LogP contribution in [0.5, 0.6) is 0 Å². The molecule has 0 bridgehead atoms. The molecule has 0 aromatic heterocycles. The Morgan fingerprint density at radius 3 is 2.50 bits per heavy atom. The van der Waals surface area contributed by atoms with Crippen LogP contribution < -0.4 is 0 Å². The van der Waals surface area contributed by atoms with Gasteiger partial charge in [-0.25, -0.2) is 4.79 Å². The van der Waals surface area contributed by atoms with Crippen LogP contribution in [0.2, 0.25) is 0 Å². The summed E-state index contributed by atoms with van der Waals surface area (Å²) >= 11 is 0. The molecule has 4 rings (SSSR count). The van der Waals surface area contributed by atoms with Crippen molar-refractivity contribution in [3.63, 3.8) is 0 Å². The molecular weight excluding hydrogens is 396 g/mol. The van der Waals surface area contributed by atoms with Gasteiger partial charge in [-0.15, -0.1) is 0 Å². The van der Waals surface area contributed by atoms with Gasteiger partial charge in [-0.3, -0.25) is 0 Å². The van der Waals surface area contributed by atoms with E-state index in [2.05, 4.69) is 6.58 Å². The third kappa shape index (κ3) is 3.31. The lowest BCUT2D eigenvalue weighted by atomic mass is 9.52. The largest absolute Gasteiger partial charge is 0.458 e. The molecule has 11 unspecified atom stereocenters. The summed E-state index contributed by atoms with van der Waals surface area (Å²) in [4.78, 5) is 12.1. The molecular formula is C21H32O9. The molecule has 0 radical (unpaired) electrons. The molecule has 0 spiro atoms. The minimum Gasteiger partial charge on any atom is -0.458 e. The second kappa shape index (κ2) is 8.12. The lowest BCUT2D eigenvalue weighted by molar-refractivity contribution is -0.329. The zero-order valence-corrected chi connectivity index (χ0v) is 17.1. The first kappa shape index (κ1) is 22.1. The Morgan fingerprint density at radius 1 is 1.10 bits per heavy atom. The first-order valence-corrected chi connectivity index (χ1v) is 10.7. The maximum Gasteiger partial charge on any atom is 0.334 e. The van der Waals surface area contributed by atoms with Gasteiger partial charge in [0.25, 0.3) is 0 Å². The summed E-state index contributed by atoms with van der Waals surface area (Å²) in [5.41, 5.74) is 0.0204. The van der Waals surface area contributed by atoms with Gasteiger partial charge in [0.1, 0.15) is 30.5 Å². The molecule has 0 aromatic rings. The van der Waals surface area contributed by atoms with Gasteiger partial charge in [-0.1, -0.05) is 13.5 Å². The number of hydrogen-bond donors (Lipinski definition) is 5. The maximum atomic E-state index is 12.1. The van der Waals surface area contributed by atoms with E-state index < -0.39 is 42.7 Å². The molecule has 2 aliphatic heterocycles. The first-order valence-electron chi connectivity index (χ1n) is 10.7. The van der Waals surface area contributed by atoms with Crippen molar-refractivity contribution < 1.29 is 44.5 Å². The highest BCUT2D eigenvalue weighted by Gasteiger charge is 2.61. The van der Waals surface area contributed by atoms with Crippen LogP contribution in [0.3, 0.4) is 0 Å². The molecule has 4 aliphatic rings. The molecule has 9 nitrogen and oxygen atoms in total. The smallest absolute Gasteiger partial charge is 0.334 e. The third-order valence-corrected chi connectivity index (χ3v) is 7.88. The van der Waals surface area contributed by atoms with Crippen LogP contribution >= 0.6 is 0 Å². The average Bonchev–Trinajstić information content (AvgIpc) is 3.02. The number of carbonyl (C=O) groups excluding carboxylic acids is 1. The number of ether oxygens (including phenoxy) is 3. The molecule has 5 N–H and O–H groups in total. The van der Waals surface area contributed by atoms with Crippen molar-refractivity contribution in [1.29, 1.82) is 0 Å². The van der Waals surface area contributed by atoms with Crippen molar-refractivity contribution in [3.05, 3.63) is 12.2 Å². The van der Waals surface area contributed by atoms with Crippen molar-refractivity contribution in [3.8, 4) is 0 Å². The third-order valence-electron chi connectivity index (χ3n) is 7.88. The number of aliphatic hydroxyl groups is 5. The van der Waals surface area contributed by atoms with Gasteiger partial charge in [0.2, 0.25) is 0 Å². The Bertz CT molecular complexity index is 681. The SMILES string of the molecule is C=C1C(=O)OC2C1CCC1(C)C(OC3OC(CO)C(O)C(O)C3O)CCC(CO)C21. The molecule has 0 amide bonds. The van der Waals surface area contributed by atoms with E-state index in [0.29, 0.717) is 31.3 Å². The molecule has 2 heterocycles. The second-order valence-corrected chi connectivity index (χ2v) is 9.41. The molecule has 11 atom stereocenters. The van der Waals surface area contributed by atoms with E-state index in [9.17, 15) is 30.3 Å². The Hall–Kier alpha value is -1.07. The maximum absolute atomic E-state index is 12.1. The average molecular weight is 428 g/mol. The van der Waals surface area contributed by atoms with Gasteiger partial charge < -0.3 is 39.7 Å². The fraction of sp³-hybridized carbons (Fsp3) is 0.857. The summed E-state index contributed by atoms with van der Waals surface area (Å²) in [5.74, 6) is -0.664. The van der Waals surface area contributed by atoms with Gasteiger partial charge in [0, 0.05) is 29.4 Å². The van der Waals surface area contributed by atoms with Crippen molar-refractivity contribution in [1.82, 2.24) is 0 Å². The highest BCUT2D eigenvalue weighted by molar-refractivity contribution is 5.90. The van der Waals surface area contributed by atoms with Crippen molar-refractivity contribution in [2.24, 2.45) is 23.2 Å². The molecule has 170 valence electrons. The van der Waals surface area contributed by atoms with E-state index in [1.54, 1.807) is 0 Å². The predicted octanol–water partition coefficient (Wildman–Crippen LogP) is -0.912. The number of rotatable bonds is 4. The van der Waals surface area contributed by atoms with Crippen LogP contribution in [0.1, 0.15) is 32.6 Å². The van der Waals surface area contributed by atoms with Crippen LogP contribution in [0.4, 0.5) is 0 Å². The van der Waals surface area contributed by atoms with Crippen molar-refractivity contribution in [2.75, 3.05) is 13.2 Å². The lowest BCUT2D eigenvalue weighted by Gasteiger charge is -2.56. The standard InChI is InChI=1S/C21H32O9/c1-9-11-5-6-21(2)13(4-3-10(7-22)14(21)18(11)30-19(9)27)29-20-17(26)16(25)15(24)12(8-23)28-20/h10-18,20,22-26H,1,3-8H2,2H3. The molecule has 2 aliphatic carbocycles. The van der Waals surface area contributed by atoms with Gasteiger partial charge in [-0.05, 0) is 31.6 Å². The monoisotopic (exact) mass is 428 g/mol. The number of aliphatic hydroxyl groups excluding tert-OH is 5. The van der Waals surface area contributed by atoms with Crippen LogP contribution in [0.15, 0.2) is 12.2 Å². The first-order chi connectivity index (χ1) is 14.2. The number of esters is 1. The Balaban J connectivity index is 1.58. The fourth-order valence-electron chi connectivity index (χ4n) is 6.13. The highest BCUT2D eigenvalue weighted by atomic mass is 16.7. The summed E-state index contributed by atoms with van der Waals surface area (Å²) in [6.45, 7) is 5.38. The zero-order valence-electron chi connectivity index (χ0n) is 17.1. The summed E-state index contributed by atoms with van der Waals surface area (Å²) < 4.78 is 17.4. The van der Waals surface area contributed by atoms with E-state index in [0.717, 1.165) is 0 Å². The molecule has 9 heteroatoms. The van der Waals surface area contributed by atoms with Crippen LogP contribution in [0.25, 0.3) is 0 Å². The van der Waals surface area contributed by atoms with Crippen LogP contribution in [-0.4, -0.2) is 87.6 Å². The molecule has 0 aromatic carbocycles. The summed E-state index contributed by atoms with van der Waals surface area (Å²) in [6, 6.07) is 0. The molecule has 4 fully saturated rings. The second-order valence-electron chi connectivity index (χ2n) is 9.41. The quantitative estimate of drug-likeness (QED) is 0.284. The van der Waals surface area contributed by atoms with Crippen molar-refractivity contribution >= 4 is 5.97 Å². The summed E-state index contributed by atoms with van der Waals surface area (Å²) in [5, 5.41) is 49.9. The van der Waals surface area contributed by atoms with Crippen molar-refractivity contribution in [2.45, 2.75) is 75.5 Å². The molecule has 30 heavy (non-hydrogen) atoms. The van der Waals surface area contributed by atoms with E-state index in [4.69, 9.17) is 14.2 Å². The van der Waals surface area contributed by atoms with E-state index in [1.807, 2.05) is 6.92 Å². The predicted molar refractivity (Wildman–Crippen MR) is 102 cm³/mol. The van der Waals surface area contributed by atoms with Crippen LogP contribution in [0, 0.1) is 23.2 Å². The van der Waals surface area contributed by atoms with Gasteiger partial charge in [-0.2, -0.15) is 0 Å². The van der Waals surface area contributed by atoms with E-state index >= 15 is 0 Å². The lowest BCUT2D eigenvalue weighted by Crippen LogP contribution is -2.62. The van der Waals surface area contributed by atoms with Gasteiger partial charge in [0.05, 0.1) is 12.7 Å². The summed E-state index contributed by atoms with van der Waals surface area (Å²) in [7, 11) is 0. The zero-order chi connectivity index (χ0) is 21.8. The van der Waals surface area contributed by atoms with Crippen LogP contribution in [-0.2, 0) is 19.0 Å². The van der Waals surface area contributed by atoms with Gasteiger partial charge in [0.15, 0.2) is 6.29 Å². The normalized spacial score (nSPS) is 51.3. The number of fused-ring (bicyclic) bond motifs is 3. The fourth-order valence-corrected chi connectivity index (χ4v) is 6.13. The summed E-state index contributed by atoms with van der Waals surface area (Å²) in [6.07, 6.45) is -4.78. The minimum absolute atomic E-state index is 0.0275. The number of hydrogen-bond acceptors (Lipinski definition) is 9. The Morgan fingerprint density at radius 2 is 1.83 bits per heavy atom. The Labute approximate surface area is 175 Å². The molecule has 2 saturated heterocycles. The highest BCUT2D eigenvalue weighted by Crippen LogP contribution is 2.58. The number of carbonyl (C=O) groups is 1. The minimum atomic E-state index is -1.51. The van der Waals surface area contributed by atoms with Gasteiger partial charge >= 0.3 is 5.97 Å². The van der Waals surface area contributed by atoms with E-state index in [-0.39, 0.29) is 42.5 Å². The topological polar surface area (TPSA) is 146 Å².